The second-order valence-corrected chi connectivity index (χ2v) is 6.27. The molecule has 1 fully saturated rings. The van der Waals surface area contributed by atoms with E-state index in [1.807, 2.05) is 17.0 Å². The molecule has 0 saturated carbocycles. The van der Waals surface area contributed by atoms with Crippen LogP contribution in [0.4, 0.5) is 0 Å². The average molecular weight is 288 g/mol. The summed E-state index contributed by atoms with van der Waals surface area (Å²) in [7, 11) is 0. The van der Waals surface area contributed by atoms with E-state index in [4.69, 9.17) is 0 Å². The number of benzene rings is 1. The Hall–Kier alpha value is -1.39. The third-order valence-electron chi connectivity index (χ3n) is 3.90. The van der Waals surface area contributed by atoms with Gasteiger partial charge < -0.3 is 10.2 Å². The summed E-state index contributed by atoms with van der Waals surface area (Å²) in [6, 6.07) is 8.48. The number of amides is 1. The molecule has 0 aliphatic carbocycles. The Bertz CT molecular complexity index is 601. The molecule has 1 N–H and O–H groups in total. The van der Waals surface area contributed by atoms with E-state index in [1.165, 1.54) is 10.1 Å². The van der Waals surface area contributed by atoms with Crippen molar-refractivity contribution in [1.82, 2.24) is 10.2 Å². The van der Waals surface area contributed by atoms with Crippen molar-refractivity contribution in [2.75, 3.05) is 19.6 Å². The molecule has 0 radical (unpaired) electrons. The Morgan fingerprint density at radius 3 is 3.10 bits per heavy atom. The second kappa shape index (κ2) is 5.94. The molecular weight excluding hydrogens is 268 g/mol. The lowest BCUT2D eigenvalue weighted by Gasteiger charge is -2.28. The van der Waals surface area contributed by atoms with Crippen molar-refractivity contribution < 1.29 is 4.79 Å². The van der Waals surface area contributed by atoms with Crippen LogP contribution in [-0.2, 0) is 0 Å². The van der Waals surface area contributed by atoms with Crippen molar-refractivity contribution in [3.63, 3.8) is 0 Å². The summed E-state index contributed by atoms with van der Waals surface area (Å²) in [4.78, 5) is 14.8. The van der Waals surface area contributed by atoms with Gasteiger partial charge in [-0.15, -0.1) is 11.3 Å². The highest BCUT2D eigenvalue weighted by Gasteiger charge is 2.26. The topological polar surface area (TPSA) is 32.3 Å². The van der Waals surface area contributed by atoms with E-state index in [0.29, 0.717) is 6.04 Å². The minimum absolute atomic E-state index is 0.175. The van der Waals surface area contributed by atoms with Crippen LogP contribution in [0.25, 0.3) is 10.1 Å². The predicted molar refractivity (Wildman–Crippen MR) is 84.4 cm³/mol. The average Bonchev–Trinajstić information content (AvgIpc) is 3.13. The Labute approximate surface area is 123 Å². The number of hydrogen-bond acceptors (Lipinski definition) is 3. The van der Waals surface area contributed by atoms with Gasteiger partial charge in [0.05, 0.1) is 0 Å². The summed E-state index contributed by atoms with van der Waals surface area (Å²) in [5.41, 5.74) is 0.816. The zero-order valence-corrected chi connectivity index (χ0v) is 12.6. The number of hydrogen-bond donors (Lipinski definition) is 1. The van der Waals surface area contributed by atoms with Gasteiger partial charge in [-0.2, -0.15) is 0 Å². The predicted octanol–water partition coefficient (Wildman–Crippen LogP) is 3.12. The number of fused-ring (bicyclic) bond motifs is 1. The largest absolute Gasteiger partial charge is 0.334 e. The molecule has 3 rings (SSSR count). The SMILES string of the molecule is CCCN(C(=O)c1ccc2sccc2c1)C1CCNC1. The highest BCUT2D eigenvalue weighted by Crippen LogP contribution is 2.23. The molecule has 1 unspecified atom stereocenters. The Morgan fingerprint density at radius 2 is 2.35 bits per heavy atom. The maximum atomic E-state index is 12.8. The van der Waals surface area contributed by atoms with Crippen LogP contribution in [0.2, 0.25) is 0 Å². The number of rotatable bonds is 4. The fraction of sp³-hybridized carbons (Fsp3) is 0.438. The lowest BCUT2D eigenvalue weighted by molar-refractivity contribution is 0.0692. The zero-order chi connectivity index (χ0) is 13.9. The molecular formula is C16H20N2OS. The summed E-state index contributed by atoms with van der Waals surface area (Å²) in [5, 5.41) is 6.59. The van der Waals surface area contributed by atoms with Crippen LogP contribution in [0.3, 0.4) is 0 Å². The van der Waals surface area contributed by atoms with Gasteiger partial charge in [0.2, 0.25) is 0 Å². The molecule has 1 aliphatic rings. The van der Waals surface area contributed by atoms with Gasteiger partial charge in [0.15, 0.2) is 0 Å². The van der Waals surface area contributed by atoms with Crippen LogP contribution in [0.5, 0.6) is 0 Å². The first-order valence-corrected chi connectivity index (χ1v) is 8.16. The Balaban J connectivity index is 1.87. The number of nitrogens with one attached hydrogen (secondary N) is 1. The van der Waals surface area contributed by atoms with E-state index in [1.54, 1.807) is 11.3 Å². The highest BCUT2D eigenvalue weighted by atomic mass is 32.1. The third-order valence-corrected chi connectivity index (χ3v) is 4.80. The quantitative estimate of drug-likeness (QED) is 0.937. The molecule has 1 amide bonds. The van der Waals surface area contributed by atoms with Crippen LogP contribution >= 0.6 is 11.3 Å². The molecule has 20 heavy (non-hydrogen) atoms. The standard InChI is InChI=1S/C16H20N2OS/c1-2-8-18(14-5-7-17-11-14)16(19)13-3-4-15-12(10-13)6-9-20-15/h3-4,6,9-10,14,17H,2,5,7-8,11H2,1H3. The lowest BCUT2D eigenvalue weighted by atomic mass is 10.1. The van der Waals surface area contributed by atoms with E-state index in [9.17, 15) is 4.79 Å². The summed E-state index contributed by atoms with van der Waals surface area (Å²) >= 11 is 1.72. The first-order valence-electron chi connectivity index (χ1n) is 7.28. The van der Waals surface area contributed by atoms with Gasteiger partial charge in [0, 0.05) is 29.4 Å². The molecule has 0 bridgehead atoms. The van der Waals surface area contributed by atoms with E-state index in [2.05, 4.69) is 29.8 Å². The minimum Gasteiger partial charge on any atom is -0.334 e. The normalized spacial score (nSPS) is 18.6. The molecule has 1 aliphatic heterocycles. The molecule has 1 aromatic carbocycles. The lowest BCUT2D eigenvalue weighted by Crippen LogP contribution is -2.42. The minimum atomic E-state index is 0.175. The molecule has 4 heteroatoms. The van der Waals surface area contributed by atoms with Gasteiger partial charge in [-0.05, 0) is 54.4 Å². The molecule has 106 valence electrons. The molecule has 2 heterocycles. The summed E-state index contributed by atoms with van der Waals surface area (Å²) in [6.45, 7) is 4.91. The van der Waals surface area contributed by atoms with Gasteiger partial charge in [-0.1, -0.05) is 6.92 Å². The number of thiophene rings is 1. The second-order valence-electron chi connectivity index (χ2n) is 5.32. The zero-order valence-electron chi connectivity index (χ0n) is 11.8. The molecule has 1 aromatic heterocycles. The first-order chi connectivity index (χ1) is 9.79. The van der Waals surface area contributed by atoms with Crippen LogP contribution < -0.4 is 5.32 Å². The molecule has 1 atom stereocenters. The molecule has 0 spiro atoms. The molecule has 1 saturated heterocycles. The maximum absolute atomic E-state index is 12.8. The third kappa shape index (κ3) is 2.58. The van der Waals surface area contributed by atoms with Gasteiger partial charge in [-0.3, -0.25) is 4.79 Å². The molecule has 2 aromatic rings. The first kappa shape index (κ1) is 13.6. The Kier molecular flexibility index (Phi) is 4.03. The van der Waals surface area contributed by atoms with Crippen LogP contribution in [0.15, 0.2) is 29.6 Å². The maximum Gasteiger partial charge on any atom is 0.254 e. The van der Waals surface area contributed by atoms with Crippen LogP contribution in [-0.4, -0.2) is 36.5 Å². The van der Waals surface area contributed by atoms with E-state index in [0.717, 1.165) is 38.0 Å². The van der Waals surface area contributed by atoms with Gasteiger partial charge >= 0.3 is 0 Å². The monoisotopic (exact) mass is 288 g/mol. The van der Waals surface area contributed by atoms with Crippen molar-refractivity contribution in [3.8, 4) is 0 Å². The highest BCUT2D eigenvalue weighted by molar-refractivity contribution is 7.17. The van der Waals surface area contributed by atoms with Gasteiger partial charge in [0.25, 0.3) is 5.91 Å². The van der Waals surface area contributed by atoms with Crippen molar-refractivity contribution in [1.29, 1.82) is 0 Å². The summed E-state index contributed by atoms with van der Waals surface area (Å²) in [6.07, 6.45) is 2.06. The van der Waals surface area contributed by atoms with Gasteiger partial charge in [-0.25, -0.2) is 0 Å². The van der Waals surface area contributed by atoms with Crippen molar-refractivity contribution in [3.05, 3.63) is 35.2 Å². The summed E-state index contributed by atoms with van der Waals surface area (Å²) < 4.78 is 1.24. The number of carbonyl (C=O) groups excluding carboxylic acids is 1. The smallest absolute Gasteiger partial charge is 0.254 e. The van der Waals surface area contributed by atoms with E-state index >= 15 is 0 Å². The van der Waals surface area contributed by atoms with E-state index in [-0.39, 0.29) is 5.91 Å². The fourth-order valence-corrected chi connectivity index (χ4v) is 3.63. The van der Waals surface area contributed by atoms with Crippen molar-refractivity contribution >= 4 is 27.3 Å². The number of carbonyl (C=O) groups is 1. The fourth-order valence-electron chi connectivity index (χ4n) is 2.86. The Morgan fingerprint density at radius 1 is 1.45 bits per heavy atom. The van der Waals surface area contributed by atoms with Crippen LogP contribution in [0, 0.1) is 0 Å². The van der Waals surface area contributed by atoms with Crippen molar-refractivity contribution in [2.45, 2.75) is 25.8 Å². The van der Waals surface area contributed by atoms with Crippen LogP contribution in [0.1, 0.15) is 30.1 Å². The van der Waals surface area contributed by atoms with E-state index < -0.39 is 0 Å². The summed E-state index contributed by atoms with van der Waals surface area (Å²) in [5.74, 6) is 0.175. The number of nitrogens with zero attached hydrogens (tertiary/aromatic N) is 1. The van der Waals surface area contributed by atoms with Gasteiger partial charge in [0.1, 0.15) is 0 Å². The molecule has 3 nitrogen and oxygen atoms in total. The van der Waals surface area contributed by atoms with Crippen molar-refractivity contribution in [2.24, 2.45) is 0 Å².